The zero-order valence-electron chi connectivity index (χ0n) is 34.2. The maximum absolute atomic E-state index is 6.88. The van der Waals surface area contributed by atoms with Crippen molar-refractivity contribution in [1.29, 1.82) is 0 Å². The number of fused-ring (bicyclic) bond motifs is 1. The van der Waals surface area contributed by atoms with E-state index in [1.807, 2.05) is 0 Å². The van der Waals surface area contributed by atoms with Crippen molar-refractivity contribution in [2.24, 2.45) is 0 Å². The van der Waals surface area contributed by atoms with Crippen molar-refractivity contribution in [3.63, 3.8) is 0 Å². The second-order valence-electron chi connectivity index (χ2n) is 19.3. The van der Waals surface area contributed by atoms with Crippen LogP contribution in [0.25, 0.3) is 5.57 Å². The molecular weight excluding hydrogens is 633 g/mol. The summed E-state index contributed by atoms with van der Waals surface area (Å²) < 4.78 is 0. The lowest BCUT2D eigenvalue weighted by molar-refractivity contribution is -0.314. The summed E-state index contributed by atoms with van der Waals surface area (Å²) in [5.74, 6) is 0. The zero-order valence-corrected chi connectivity index (χ0v) is 34.2. The van der Waals surface area contributed by atoms with Crippen LogP contribution in [-0.2, 0) is 37.0 Å². The number of hydrogen-bond donors (Lipinski definition) is 0. The van der Waals surface area contributed by atoms with Crippen LogP contribution in [0.5, 0.6) is 0 Å². The van der Waals surface area contributed by atoms with E-state index in [0.717, 1.165) is 22.3 Å². The summed E-state index contributed by atoms with van der Waals surface area (Å²) >= 11 is 0. The van der Waals surface area contributed by atoms with Gasteiger partial charge in [-0.1, -0.05) is 186 Å². The third-order valence-corrected chi connectivity index (χ3v) is 11.1. The molecule has 0 bridgehead atoms. The fourth-order valence-corrected chi connectivity index (χ4v) is 7.83. The minimum absolute atomic E-state index is 0.0331. The third kappa shape index (κ3) is 6.93. The van der Waals surface area contributed by atoms with Gasteiger partial charge in [-0.2, -0.15) is 0 Å². The molecule has 1 unspecified atom stereocenters. The Kier molecular flexibility index (Phi) is 9.55. The van der Waals surface area contributed by atoms with Crippen LogP contribution in [0.2, 0.25) is 0 Å². The summed E-state index contributed by atoms with van der Waals surface area (Å²) in [5, 5.41) is 0. The van der Waals surface area contributed by atoms with E-state index in [-0.39, 0.29) is 21.7 Å². The minimum Gasteiger partial charge on any atom is -0.222 e. The molecule has 6 rings (SSSR count). The van der Waals surface area contributed by atoms with Gasteiger partial charge in [0, 0.05) is 5.57 Å². The molecule has 2 aliphatic rings. The topological polar surface area (TPSA) is 18.5 Å². The van der Waals surface area contributed by atoms with Gasteiger partial charge in [0.15, 0.2) is 5.60 Å². The summed E-state index contributed by atoms with van der Waals surface area (Å²) in [6, 6.07) is 36.3. The van der Waals surface area contributed by atoms with E-state index in [2.05, 4.69) is 200 Å². The van der Waals surface area contributed by atoms with Gasteiger partial charge in [0.1, 0.15) is 6.10 Å². The molecule has 1 fully saturated rings. The molecule has 52 heavy (non-hydrogen) atoms. The summed E-state index contributed by atoms with van der Waals surface area (Å²) in [6.45, 7) is 31.6. The highest BCUT2D eigenvalue weighted by molar-refractivity contribution is 5.87. The second-order valence-corrected chi connectivity index (χ2v) is 19.3. The molecule has 4 aromatic carbocycles. The van der Waals surface area contributed by atoms with Crippen LogP contribution in [0.15, 0.2) is 125 Å². The Hall–Kier alpha value is -3.98. The number of allylic oxidation sites excluding steroid dienone is 2. The van der Waals surface area contributed by atoms with Gasteiger partial charge in [0.05, 0.1) is 0 Å². The van der Waals surface area contributed by atoms with Crippen LogP contribution in [0.3, 0.4) is 0 Å². The SMILES string of the molecule is CC1=CC(C)=C2C(OOC2(c2ccc(C(C)(C)C)cc2)c2ccc(C(C)(C)C)cc2)C1=C(c1ccc(C(C)(C)C)cc1)c1ccc(C(C)(C)C)cc1. The molecular formula is C50H60O2. The van der Waals surface area contributed by atoms with Gasteiger partial charge in [-0.25, -0.2) is 9.78 Å². The first-order chi connectivity index (χ1) is 24.1. The maximum atomic E-state index is 6.88. The van der Waals surface area contributed by atoms with Crippen LogP contribution in [0, 0.1) is 0 Å². The Labute approximate surface area is 314 Å². The molecule has 1 aliphatic carbocycles. The van der Waals surface area contributed by atoms with Crippen molar-refractivity contribution in [3.05, 3.63) is 170 Å². The molecule has 0 radical (unpaired) electrons. The average molecular weight is 693 g/mol. The van der Waals surface area contributed by atoms with Gasteiger partial charge in [-0.05, 0) is 102 Å². The van der Waals surface area contributed by atoms with Crippen LogP contribution < -0.4 is 0 Å². The molecule has 0 spiro atoms. The Morgan fingerprint density at radius 3 is 1.13 bits per heavy atom. The monoisotopic (exact) mass is 692 g/mol. The predicted molar refractivity (Wildman–Crippen MR) is 220 cm³/mol. The fraction of sp³-hybridized carbons (Fsp3) is 0.400. The quantitative estimate of drug-likeness (QED) is 0.198. The first-order valence-corrected chi connectivity index (χ1v) is 19.0. The molecule has 1 saturated heterocycles. The Balaban J connectivity index is 1.61. The largest absolute Gasteiger partial charge is 0.222 e. The molecule has 2 nitrogen and oxygen atoms in total. The van der Waals surface area contributed by atoms with Gasteiger partial charge < -0.3 is 0 Å². The van der Waals surface area contributed by atoms with E-state index in [1.165, 1.54) is 50.1 Å². The first kappa shape index (κ1) is 37.8. The van der Waals surface area contributed by atoms with Crippen molar-refractivity contribution in [3.8, 4) is 0 Å². The van der Waals surface area contributed by atoms with Crippen LogP contribution in [0.1, 0.15) is 141 Å². The van der Waals surface area contributed by atoms with E-state index in [0.29, 0.717) is 0 Å². The van der Waals surface area contributed by atoms with Crippen molar-refractivity contribution < 1.29 is 9.78 Å². The summed E-state index contributed by atoms with van der Waals surface area (Å²) in [5.41, 5.74) is 14.7. The van der Waals surface area contributed by atoms with Crippen molar-refractivity contribution in [2.75, 3.05) is 0 Å². The summed E-state index contributed by atoms with van der Waals surface area (Å²) in [6.07, 6.45) is 1.93. The summed E-state index contributed by atoms with van der Waals surface area (Å²) in [7, 11) is 0. The Morgan fingerprint density at radius 2 is 0.808 bits per heavy atom. The molecule has 1 atom stereocenters. The van der Waals surface area contributed by atoms with Crippen LogP contribution in [-0.4, -0.2) is 6.10 Å². The lowest BCUT2D eigenvalue weighted by Crippen LogP contribution is -2.33. The fourth-order valence-electron chi connectivity index (χ4n) is 7.83. The molecule has 0 N–H and O–H groups in total. The molecule has 4 aromatic rings. The molecule has 2 heteroatoms. The van der Waals surface area contributed by atoms with Crippen LogP contribution >= 0.6 is 0 Å². The van der Waals surface area contributed by atoms with Gasteiger partial charge in [0.2, 0.25) is 0 Å². The normalized spacial score (nSPS) is 18.0. The van der Waals surface area contributed by atoms with Gasteiger partial charge >= 0.3 is 0 Å². The van der Waals surface area contributed by atoms with Crippen LogP contribution in [0.4, 0.5) is 0 Å². The molecule has 0 aromatic heterocycles. The maximum Gasteiger partial charge on any atom is 0.178 e. The Morgan fingerprint density at radius 1 is 0.481 bits per heavy atom. The predicted octanol–water partition coefficient (Wildman–Crippen LogP) is 13.2. The van der Waals surface area contributed by atoms with Gasteiger partial charge in [-0.3, -0.25) is 0 Å². The molecule has 1 aliphatic heterocycles. The van der Waals surface area contributed by atoms with Gasteiger partial charge in [0.25, 0.3) is 0 Å². The highest BCUT2D eigenvalue weighted by Crippen LogP contribution is 2.55. The second kappa shape index (κ2) is 13.2. The lowest BCUT2D eigenvalue weighted by Gasteiger charge is -2.34. The molecule has 1 heterocycles. The Bertz CT molecular complexity index is 1900. The van der Waals surface area contributed by atoms with Crippen molar-refractivity contribution in [1.82, 2.24) is 0 Å². The first-order valence-electron chi connectivity index (χ1n) is 19.0. The van der Waals surface area contributed by atoms with Crippen molar-refractivity contribution >= 4 is 5.57 Å². The summed E-state index contributed by atoms with van der Waals surface area (Å²) in [4.78, 5) is 13.6. The molecule has 0 saturated carbocycles. The van der Waals surface area contributed by atoms with E-state index in [4.69, 9.17) is 9.78 Å². The average Bonchev–Trinajstić information content (AvgIpc) is 3.47. The zero-order chi connectivity index (χ0) is 38.0. The lowest BCUT2D eigenvalue weighted by atomic mass is 9.70. The third-order valence-electron chi connectivity index (χ3n) is 11.1. The highest BCUT2D eigenvalue weighted by Gasteiger charge is 2.54. The van der Waals surface area contributed by atoms with E-state index >= 15 is 0 Å². The van der Waals surface area contributed by atoms with E-state index < -0.39 is 11.7 Å². The smallest absolute Gasteiger partial charge is 0.178 e. The van der Waals surface area contributed by atoms with Gasteiger partial charge in [-0.15, -0.1) is 0 Å². The van der Waals surface area contributed by atoms with Crippen molar-refractivity contribution in [2.45, 2.75) is 130 Å². The number of hydrogen-bond acceptors (Lipinski definition) is 2. The minimum atomic E-state index is -0.929. The van der Waals surface area contributed by atoms with E-state index in [1.54, 1.807) is 0 Å². The van der Waals surface area contributed by atoms with E-state index in [9.17, 15) is 0 Å². The molecule has 0 amide bonds. The standard InChI is InChI=1S/C50H60O2/c1-32-31-33(2)44-45(42(32)43(34-15-19-36(20-16-34)46(3,4)5)35-17-21-37(22-18-35)47(6,7)8)51-52-50(44,40-27-23-38(24-28-40)48(9,10)11)41-29-25-39(26-30-41)49(12,13)14/h15-31,45H,1-14H3. The highest BCUT2D eigenvalue weighted by atomic mass is 17.2. The number of rotatable bonds is 4. The molecule has 272 valence electrons. The number of benzene rings is 4.